The molecule has 9 heteroatoms. The van der Waals surface area contributed by atoms with Crippen molar-refractivity contribution in [2.75, 3.05) is 10.6 Å². The van der Waals surface area contributed by atoms with Gasteiger partial charge in [-0.05, 0) is 43.5 Å². The van der Waals surface area contributed by atoms with Crippen LogP contribution in [0.3, 0.4) is 0 Å². The van der Waals surface area contributed by atoms with Crippen LogP contribution in [-0.4, -0.2) is 32.2 Å². The number of anilines is 1. The van der Waals surface area contributed by atoms with Crippen LogP contribution in [0.5, 0.6) is 5.75 Å². The van der Waals surface area contributed by atoms with E-state index in [2.05, 4.69) is 19.2 Å². The highest BCUT2D eigenvalue weighted by Crippen LogP contribution is 2.42. The van der Waals surface area contributed by atoms with Gasteiger partial charge in [-0.2, -0.15) is 0 Å². The standard InChI is InChI=1S/C24H30ClFN2O4S/c1-5-21(28(33(4,30)31)16-12-13-19(26)18(25)14-16)23(29)27-20-15-24(6-2,7-3)32-22-11-9-8-10-17(20)22/h8-14,20-21H,5-7,15H2,1-4H3,(H,27,29)/t20-,21+/m1/s1. The Bertz CT molecular complexity index is 1120. The molecule has 0 spiro atoms. The molecule has 0 radical (unpaired) electrons. The smallest absolute Gasteiger partial charge is 0.244 e. The number of carbonyl (C=O) groups excluding carboxylic acids is 1. The minimum atomic E-state index is -3.87. The SMILES string of the molecule is CC[C@@H](C(=O)N[C@@H]1CC(CC)(CC)Oc2ccccc21)N(c1ccc(F)c(Cl)c1)S(C)(=O)=O. The molecule has 1 N–H and O–H groups in total. The Morgan fingerprint density at radius 2 is 1.91 bits per heavy atom. The number of amides is 1. The first-order valence-electron chi connectivity index (χ1n) is 11.1. The quantitative estimate of drug-likeness (QED) is 0.543. The van der Waals surface area contributed by atoms with Gasteiger partial charge in [0.05, 0.1) is 23.0 Å². The van der Waals surface area contributed by atoms with E-state index in [0.29, 0.717) is 6.42 Å². The molecule has 0 aromatic heterocycles. The number of halogens is 2. The number of fused-ring (bicyclic) bond motifs is 1. The number of ether oxygens (including phenoxy) is 1. The lowest BCUT2D eigenvalue weighted by Gasteiger charge is -2.42. The van der Waals surface area contributed by atoms with Crippen molar-refractivity contribution in [2.45, 2.75) is 64.1 Å². The molecule has 2 aromatic rings. The molecule has 6 nitrogen and oxygen atoms in total. The normalized spacial score (nSPS) is 18.1. The number of hydrogen-bond donors (Lipinski definition) is 1. The number of sulfonamides is 1. The predicted molar refractivity (Wildman–Crippen MR) is 129 cm³/mol. The fourth-order valence-electron chi connectivity index (χ4n) is 4.38. The number of rotatable bonds is 8. The second-order valence-corrected chi connectivity index (χ2v) is 10.6. The molecular formula is C24H30ClFN2O4S. The second kappa shape index (κ2) is 9.89. The molecule has 1 amide bonds. The highest BCUT2D eigenvalue weighted by atomic mass is 35.5. The summed E-state index contributed by atoms with van der Waals surface area (Å²) in [4.78, 5) is 13.5. The maximum absolute atomic E-state index is 13.7. The monoisotopic (exact) mass is 496 g/mol. The number of benzene rings is 2. The highest BCUT2D eigenvalue weighted by molar-refractivity contribution is 7.92. The first-order valence-corrected chi connectivity index (χ1v) is 13.3. The van der Waals surface area contributed by atoms with Crippen LogP contribution in [0, 0.1) is 5.82 Å². The van der Waals surface area contributed by atoms with E-state index in [4.69, 9.17) is 16.3 Å². The molecule has 3 rings (SSSR count). The van der Waals surface area contributed by atoms with Crippen molar-refractivity contribution in [3.05, 3.63) is 58.9 Å². The molecule has 0 bridgehead atoms. The minimum Gasteiger partial charge on any atom is -0.487 e. The van der Waals surface area contributed by atoms with Gasteiger partial charge in [-0.3, -0.25) is 9.10 Å². The average molecular weight is 497 g/mol. The predicted octanol–water partition coefficient (Wildman–Crippen LogP) is 5.22. The average Bonchev–Trinajstić information content (AvgIpc) is 2.78. The Hall–Kier alpha value is -2.32. The maximum Gasteiger partial charge on any atom is 0.244 e. The van der Waals surface area contributed by atoms with E-state index in [9.17, 15) is 17.6 Å². The third-order valence-corrected chi connectivity index (χ3v) is 7.76. The fourth-order valence-corrected chi connectivity index (χ4v) is 5.76. The van der Waals surface area contributed by atoms with Gasteiger partial charge in [0.2, 0.25) is 15.9 Å². The summed E-state index contributed by atoms with van der Waals surface area (Å²) in [5.74, 6) is -0.386. The van der Waals surface area contributed by atoms with Crippen molar-refractivity contribution in [1.29, 1.82) is 0 Å². The minimum absolute atomic E-state index is 0.134. The zero-order chi connectivity index (χ0) is 24.4. The van der Waals surface area contributed by atoms with Gasteiger partial charge in [0.25, 0.3) is 0 Å². The summed E-state index contributed by atoms with van der Waals surface area (Å²) in [7, 11) is -3.87. The Labute approximate surface area is 200 Å². The summed E-state index contributed by atoms with van der Waals surface area (Å²) >= 11 is 5.90. The Morgan fingerprint density at radius 1 is 1.24 bits per heavy atom. The van der Waals surface area contributed by atoms with E-state index in [0.717, 1.165) is 40.8 Å². The number of nitrogens with one attached hydrogen (secondary N) is 1. The van der Waals surface area contributed by atoms with Crippen LogP contribution in [0.2, 0.25) is 5.02 Å². The van der Waals surface area contributed by atoms with Gasteiger partial charge in [0.1, 0.15) is 23.2 Å². The van der Waals surface area contributed by atoms with Crippen molar-refractivity contribution in [1.82, 2.24) is 5.32 Å². The molecule has 180 valence electrons. The van der Waals surface area contributed by atoms with Crippen LogP contribution >= 0.6 is 11.6 Å². The third kappa shape index (κ3) is 5.27. The van der Waals surface area contributed by atoms with Crippen molar-refractivity contribution < 1.29 is 22.3 Å². The Morgan fingerprint density at radius 3 is 2.48 bits per heavy atom. The van der Waals surface area contributed by atoms with Crippen LogP contribution in [-0.2, 0) is 14.8 Å². The second-order valence-electron chi connectivity index (χ2n) is 8.38. The van der Waals surface area contributed by atoms with Gasteiger partial charge in [0.15, 0.2) is 0 Å². The lowest BCUT2D eigenvalue weighted by molar-refractivity contribution is -0.123. The van der Waals surface area contributed by atoms with Crippen LogP contribution in [0.4, 0.5) is 10.1 Å². The molecule has 2 atom stereocenters. The van der Waals surface area contributed by atoms with E-state index in [1.165, 1.54) is 12.1 Å². The van der Waals surface area contributed by atoms with Crippen molar-refractivity contribution in [3.8, 4) is 5.75 Å². The summed E-state index contributed by atoms with van der Waals surface area (Å²) in [5.41, 5.74) is 0.568. The van der Waals surface area contributed by atoms with Crippen molar-refractivity contribution >= 4 is 33.2 Å². The Balaban J connectivity index is 1.97. The first kappa shape index (κ1) is 25.3. The van der Waals surface area contributed by atoms with Gasteiger partial charge in [-0.1, -0.05) is 50.6 Å². The summed E-state index contributed by atoms with van der Waals surface area (Å²) < 4.78 is 46.4. The molecule has 0 unspecified atom stereocenters. The van der Waals surface area contributed by atoms with E-state index in [1.54, 1.807) is 6.92 Å². The molecule has 0 fully saturated rings. The van der Waals surface area contributed by atoms with E-state index in [-0.39, 0.29) is 23.2 Å². The van der Waals surface area contributed by atoms with E-state index in [1.807, 2.05) is 24.3 Å². The lowest BCUT2D eigenvalue weighted by Crippen LogP contribution is -2.52. The van der Waals surface area contributed by atoms with Gasteiger partial charge in [-0.15, -0.1) is 0 Å². The van der Waals surface area contributed by atoms with E-state index >= 15 is 0 Å². The van der Waals surface area contributed by atoms with Crippen molar-refractivity contribution in [3.63, 3.8) is 0 Å². The van der Waals surface area contributed by atoms with Crippen LogP contribution in [0.25, 0.3) is 0 Å². The number of para-hydroxylation sites is 1. The van der Waals surface area contributed by atoms with Gasteiger partial charge in [0, 0.05) is 12.0 Å². The molecule has 0 aliphatic carbocycles. The number of hydrogen-bond acceptors (Lipinski definition) is 4. The molecule has 0 saturated heterocycles. The summed E-state index contributed by atoms with van der Waals surface area (Å²) in [6, 6.07) is 9.80. The fraction of sp³-hybridized carbons (Fsp3) is 0.458. The van der Waals surface area contributed by atoms with Crippen LogP contribution < -0.4 is 14.4 Å². The summed E-state index contributed by atoms with van der Waals surface area (Å²) in [6.07, 6.45) is 3.34. The topological polar surface area (TPSA) is 75.7 Å². The molecular weight excluding hydrogens is 467 g/mol. The Kier molecular flexibility index (Phi) is 7.59. The first-order chi connectivity index (χ1) is 15.5. The zero-order valence-corrected chi connectivity index (χ0v) is 20.8. The number of carbonyl (C=O) groups is 1. The number of nitrogens with zero attached hydrogens (tertiary/aromatic N) is 1. The third-order valence-electron chi connectivity index (χ3n) is 6.29. The van der Waals surface area contributed by atoms with Crippen molar-refractivity contribution in [2.24, 2.45) is 0 Å². The summed E-state index contributed by atoms with van der Waals surface area (Å²) in [5, 5.41) is 2.85. The summed E-state index contributed by atoms with van der Waals surface area (Å²) in [6.45, 7) is 5.83. The maximum atomic E-state index is 13.7. The van der Waals surface area contributed by atoms with Crippen LogP contribution in [0.15, 0.2) is 42.5 Å². The molecule has 1 aliphatic heterocycles. The molecule has 2 aromatic carbocycles. The van der Waals surface area contributed by atoms with Gasteiger partial charge in [-0.25, -0.2) is 12.8 Å². The molecule has 1 heterocycles. The zero-order valence-electron chi connectivity index (χ0n) is 19.3. The largest absolute Gasteiger partial charge is 0.487 e. The van der Waals surface area contributed by atoms with Crippen LogP contribution in [0.1, 0.15) is 58.1 Å². The molecule has 33 heavy (non-hydrogen) atoms. The lowest BCUT2D eigenvalue weighted by atomic mass is 9.83. The molecule has 0 saturated carbocycles. The highest BCUT2D eigenvalue weighted by Gasteiger charge is 2.40. The van der Waals surface area contributed by atoms with Gasteiger partial charge >= 0.3 is 0 Å². The molecule has 1 aliphatic rings. The van der Waals surface area contributed by atoms with Gasteiger partial charge < -0.3 is 10.1 Å². The van der Waals surface area contributed by atoms with E-state index < -0.39 is 33.4 Å².